The minimum Gasteiger partial charge on any atom is -0.479 e. The van der Waals surface area contributed by atoms with Crippen molar-refractivity contribution >= 4 is 23.7 Å². The number of halogens is 3. The third-order valence-electron chi connectivity index (χ3n) is 2.17. The highest BCUT2D eigenvalue weighted by molar-refractivity contribution is 7.78. The average Bonchev–Trinajstić information content (AvgIpc) is 2.58. The molecule has 0 bridgehead atoms. The van der Waals surface area contributed by atoms with Crippen molar-refractivity contribution in [2.24, 2.45) is 0 Å². The topological polar surface area (TPSA) is 27.1 Å². The van der Waals surface area contributed by atoms with E-state index in [9.17, 15) is 13.2 Å². The number of rotatable bonds is 1. The summed E-state index contributed by atoms with van der Waals surface area (Å²) in [5.41, 5.74) is -0.586. The molecule has 2 heterocycles. The fourth-order valence-electron chi connectivity index (χ4n) is 1.48. The van der Waals surface area contributed by atoms with Crippen LogP contribution in [0.15, 0.2) is 18.5 Å². The first-order chi connectivity index (χ1) is 7.45. The standard InChI is InChI=1S/C9H7F3N2OS/c1-15-8-7-5(2-3-14(7)16)6(4-13-8)9(10,11)12/h2-4,16H,1H3. The lowest BCUT2D eigenvalue weighted by atomic mass is 10.2. The normalized spacial score (nSPS) is 12.1. The molecule has 0 aromatic carbocycles. The molecular weight excluding hydrogens is 241 g/mol. The maximum absolute atomic E-state index is 12.6. The second-order valence-corrected chi connectivity index (χ2v) is 3.53. The molecular formula is C9H7F3N2OS. The molecule has 0 aliphatic carbocycles. The first-order valence-electron chi connectivity index (χ1n) is 4.25. The van der Waals surface area contributed by atoms with Crippen LogP contribution in [0.3, 0.4) is 0 Å². The van der Waals surface area contributed by atoms with Gasteiger partial charge < -0.3 is 4.74 Å². The van der Waals surface area contributed by atoms with Gasteiger partial charge in [-0.2, -0.15) is 13.2 Å². The second-order valence-electron chi connectivity index (χ2n) is 3.10. The van der Waals surface area contributed by atoms with E-state index in [0.717, 1.165) is 6.20 Å². The average molecular weight is 248 g/mol. The maximum atomic E-state index is 12.6. The molecule has 0 amide bonds. The Hall–Kier alpha value is -1.37. The van der Waals surface area contributed by atoms with E-state index in [0.29, 0.717) is 0 Å². The number of thiol groups is 1. The van der Waals surface area contributed by atoms with Gasteiger partial charge >= 0.3 is 6.18 Å². The summed E-state index contributed by atoms with van der Waals surface area (Å²) in [6.45, 7) is 0. The summed E-state index contributed by atoms with van der Waals surface area (Å²) < 4.78 is 44.1. The fourth-order valence-corrected chi connectivity index (χ4v) is 1.74. The molecule has 2 rings (SSSR count). The number of fused-ring (bicyclic) bond motifs is 1. The van der Waals surface area contributed by atoms with E-state index >= 15 is 0 Å². The van der Waals surface area contributed by atoms with Crippen LogP contribution in [0.25, 0.3) is 10.9 Å². The molecule has 16 heavy (non-hydrogen) atoms. The van der Waals surface area contributed by atoms with E-state index in [1.807, 2.05) is 0 Å². The van der Waals surface area contributed by atoms with Gasteiger partial charge in [-0.05, 0) is 6.07 Å². The minimum absolute atomic E-state index is 0.0225. The molecule has 0 radical (unpaired) electrons. The largest absolute Gasteiger partial charge is 0.479 e. The predicted octanol–water partition coefficient (Wildman–Crippen LogP) is 2.76. The van der Waals surface area contributed by atoms with Crippen LogP contribution in [-0.4, -0.2) is 16.1 Å². The quantitative estimate of drug-likeness (QED) is 0.786. The van der Waals surface area contributed by atoms with Crippen LogP contribution in [-0.2, 0) is 6.18 Å². The summed E-state index contributed by atoms with van der Waals surface area (Å²) in [7, 11) is 1.34. The first kappa shape index (κ1) is 11.1. The molecule has 0 saturated heterocycles. The van der Waals surface area contributed by atoms with Gasteiger partial charge in [-0.15, -0.1) is 0 Å². The number of methoxy groups -OCH3 is 1. The molecule has 86 valence electrons. The number of hydrogen-bond acceptors (Lipinski definition) is 3. The lowest BCUT2D eigenvalue weighted by Crippen LogP contribution is -2.07. The highest BCUT2D eigenvalue weighted by Crippen LogP contribution is 2.37. The van der Waals surface area contributed by atoms with Gasteiger partial charge in [0.15, 0.2) is 0 Å². The van der Waals surface area contributed by atoms with E-state index in [1.165, 1.54) is 23.3 Å². The Morgan fingerprint density at radius 2 is 2.12 bits per heavy atom. The van der Waals surface area contributed by atoms with Gasteiger partial charge in [0, 0.05) is 17.8 Å². The molecule has 7 heteroatoms. The van der Waals surface area contributed by atoms with Crippen LogP contribution in [0.5, 0.6) is 5.88 Å². The Kier molecular flexibility index (Phi) is 2.49. The van der Waals surface area contributed by atoms with Gasteiger partial charge in [0.1, 0.15) is 5.52 Å². The number of nitrogens with zero attached hydrogens (tertiary/aromatic N) is 2. The third-order valence-corrected chi connectivity index (χ3v) is 2.50. The zero-order valence-corrected chi connectivity index (χ0v) is 9.01. The van der Waals surface area contributed by atoms with Crippen LogP contribution in [0.2, 0.25) is 0 Å². The first-order valence-corrected chi connectivity index (χ1v) is 4.65. The third kappa shape index (κ3) is 1.60. The Morgan fingerprint density at radius 3 is 2.69 bits per heavy atom. The van der Waals surface area contributed by atoms with E-state index in [4.69, 9.17) is 4.74 Å². The number of ether oxygens (including phenoxy) is 1. The SMILES string of the molecule is COc1ncc(C(F)(F)F)c2ccn(S)c12. The van der Waals surface area contributed by atoms with Crippen LogP contribution >= 0.6 is 12.8 Å². The van der Waals surface area contributed by atoms with E-state index < -0.39 is 11.7 Å². The van der Waals surface area contributed by atoms with E-state index in [2.05, 4.69) is 17.8 Å². The van der Waals surface area contributed by atoms with Gasteiger partial charge in [-0.1, -0.05) is 12.8 Å². The van der Waals surface area contributed by atoms with Crippen molar-refractivity contribution in [2.45, 2.75) is 6.18 Å². The van der Waals surface area contributed by atoms with Crippen LogP contribution in [0.4, 0.5) is 13.2 Å². The van der Waals surface area contributed by atoms with Gasteiger partial charge in [0.25, 0.3) is 0 Å². The molecule has 0 fully saturated rings. The van der Waals surface area contributed by atoms with E-state index in [-0.39, 0.29) is 16.8 Å². The van der Waals surface area contributed by atoms with Crippen LogP contribution in [0, 0.1) is 0 Å². The number of pyridine rings is 1. The lowest BCUT2D eigenvalue weighted by molar-refractivity contribution is -0.136. The van der Waals surface area contributed by atoms with Crippen molar-refractivity contribution in [2.75, 3.05) is 7.11 Å². The van der Waals surface area contributed by atoms with Crippen LogP contribution < -0.4 is 4.74 Å². The predicted molar refractivity (Wildman–Crippen MR) is 55.7 cm³/mol. The molecule has 0 spiro atoms. The van der Waals surface area contributed by atoms with Gasteiger partial charge in [-0.3, -0.25) is 3.97 Å². The van der Waals surface area contributed by atoms with Crippen molar-refractivity contribution in [3.05, 3.63) is 24.0 Å². The Morgan fingerprint density at radius 1 is 1.44 bits per heavy atom. The highest BCUT2D eigenvalue weighted by atomic mass is 32.1. The van der Waals surface area contributed by atoms with Gasteiger partial charge in [0.05, 0.1) is 12.7 Å². The molecule has 2 aromatic rings. The maximum Gasteiger partial charge on any atom is 0.418 e. The molecule has 0 N–H and O–H groups in total. The summed E-state index contributed by atoms with van der Waals surface area (Å²) in [5.74, 6) is 0.114. The molecule has 0 saturated carbocycles. The summed E-state index contributed by atoms with van der Waals surface area (Å²) >= 11 is 4.00. The fraction of sp³-hybridized carbons (Fsp3) is 0.222. The van der Waals surface area contributed by atoms with Crippen molar-refractivity contribution in [3.63, 3.8) is 0 Å². The Labute approximate surface area is 94.4 Å². The smallest absolute Gasteiger partial charge is 0.418 e. The van der Waals surface area contributed by atoms with Crippen molar-refractivity contribution in [1.29, 1.82) is 0 Å². The summed E-state index contributed by atoms with van der Waals surface area (Å²) in [5, 5.41) is 0.0225. The minimum atomic E-state index is -4.44. The van der Waals surface area contributed by atoms with Crippen molar-refractivity contribution < 1.29 is 17.9 Å². The van der Waals surface area contributed by atoms with Gasteiger partial charge in [0.2, 0.25) is 5.88 Å². The molecule has 3 nitrogen and oxygen atoms in total. The number of aromatic nitrogens is 2. The zero-order valence-electron chi connectivity index (χ0n) is 8.12. The zero-order chi connectivity index (χ0) is 11.9. The van der Waals surface area contributed by atoms with Crippen molar-refractivity contribution in [1.82, 2.24) is 8.96 Å². The summed E-state index contributed by atoms with van der Waals surface area (Å²) in [4.78, 5) is 3.61. The Balaban J connectivity index is 2.82. The highest BCUT2D eigenvalue weighted by Gasteiger charge is 2.34. The van der Waals surface area contributed by atoms with Gasteiger partial charge in [-0.25, -0.2) is 4.98 Å². The number of hydrogen-bond donors (Lipinski definition) is 1. The summed E-state index contributed by atoms with van der Waals surface area (Å²) in [6, 6.07) is 1.33. The molecule has 0 aliphatic heterocycles. The van der Waals surface area contributed by atoms with E-state index in [1.54, 1.807) is 0 Å². The molecule has 0 unspecified atom stereocenters. The lowest BCUT2D eigenvalue weighted by Gasteiger charge is -2.09. The summed E-state index contributed by atoms with van der Waals surface area (Å²) in [6.07, 6.45) is -2.27. The monoisotopic (exact) mass is 248 g/mol. The van der Waals surface area contributed by atoms with Crippen molar-refractivity contribution in [3.8, 4) is 5.88 Å². The second kappa shape index (κ2) is 3.58. The van der Waals surface area contributed by atoms with Crippen LogP contribution in [0.1, 0.15) is 5.56 Å². The molecule has 0 aliphatic rings. The Bertz CT molecular complexity index is 535. The number of alkyl halides is 3. The molecule has 0 atom stereocenters. The molecule has 2 aromatic heterocycles.